The zero-order chi connectivity index (χ0) is 25.2. The van der Waals surface area contributed by atoms with Crippen molar-refractivity contribution >= 4 is 32.9 Å². The Morgan fingerprint density at radius 3 is 2.56 bits per heavy atom. The molecule has 0 radical (unpaired) electrons. The molecule has 6 nitrogen and oxygen atoms in total. The van der Waals surface area contributed by atoms with Gasteiger partial charge in [-0.1, -0.05) is 40.5 Å². The topological polar surface area (TPSA) is 65.4 Å². The fraction of sp³-hybridized carbons (Fsp3) is 0.310. The molecule has 188 valence electrons. The first-order valence-corrected chi connectivity index (χ1v) is 13.2. The third-order valence-corrected chi connectivity index (χ3v) is 6.53. The Kier molecular flexibility index (Phi) is 9.39. The van der Waals surface area contributed by atoms with Gasteiger partial charge in [-0.05, 0) is 73.9 Å². The second-order valence-electron chi connectivity index (χ2n) is 8.62. The van der Waals surface area contributed by atoms with Crippen LogP contribution in [0, 0.1) is 0 Å². The van der Waals surface area contributed by atoms with Gasteiger partial charge in [0.05, 0.1) is 24.8 Å². The van der Waals surface area contributed by atoms with Gasteiger partial charge in [-0.3, -0.25) is 4.79 Å². The number of halogens is 1. The highest BCUT2D eigenvalue weighted by Crippen LogP contribution is 2.20. The van der Waals surface area contributed by atoms with Gasteiger partial charge in [-0.15, -0.1) is 0 Å². The van der Waals surface area contributed by atoms with E-state index in [9.17, 15) is 4.79 Å². The van der Waals surface area contributed by atoms with Gasteiger partial charge in [0.15, 0.2) is 0 Å². The molecular weight excluding hydrogens is 518 g/mol. The van der Waals surface area contributed by atoms with Crippen LogP contribution in [-0.2, 0) is 13.0 Å². The number of methoxy groups -OCH3 is 1. The molecule has 0 fully saturated rings. The quantitative estimate of drug-likeness (QED) is 0.195. The normalized spacial score (nSPS) is 10.9. The molecule has 0 aliphatic heterocycles. The molecule has 0 aliphatic rings. The predicted molar refractivity (Wildman–Crippen MR) is 147 cm³/mol. The Bertz CT molecular complexity index is 1270. The number of hydrogen-bond donors (Lipinski definition) is 1. The summed E-state index contributed by atoms with van der Waals surface area (Å²) in [6, 6.07) is 23.4. The number of nitrogens with one attached hydrogen (secondary N) is 1. The minimum atomic E-state index is -0.0325. The lowest BCUT2D eigenvalue weighted by Crippen LogP contribution is -2.24. The molecule has 0 unspecified atom stereocenters. The van der Waals surface area contributed by atoms with Crippen LogP contribution < -0.4 is 14.8 Å². The summed E-state index contributed by atoms with van der Waals surface area (Å²) in [6.07, 6.45) is 4.80. The maximum atomic E-state index is 12.3. The van der Waals surface area contributed by atoms with E-state index in [-0.39, 0.29) is 5.91 Å². The minimum Gasteiger partial charge on any atom is -0.497 e. The van der Waals surface area contributed by atoms with Gasteiger partial charge in [0.1, 0.15) is 17.3 Å². The SMILES string of the molecule is COc1ccc(OCCCn2c(CCCCCNC(=O)c3cccc(Br)c3)nc3ccccc32)cc1. The number of hydrogen-bond acceptors (Lipinski definition) is 4. The summed E-state index contributed by atoms with van der Waals surface area (Å²) in [5.41, 5.74) is 2.87. The van der Waals surface area contributed by atoms with E-state index >= 15 is 0 Å². The first-order chi connectivity index (χ1) is 17.6. The summed E-state index contributed by atoms with van der Waals surface area (Å²) in [5.74, 6) is 2.75. The second-order valence-corrected chi connectivity index (χ2v) is 9.54. The maximum Gasteiger partial charge on any atom is 0.251 e. The van der Waals surface area contributed by atoms with Crippen molar-refractivity contribution in [3.63, 3.8) is 0 Å². The van der Waals surface area contributed by atoms with E-state index in [1.807, 2.05) is 54.6 Å². The van der Waals surface area contributed by atoms with Gasteiger partial charge in [0.2, 0.25) is 0 Å². The van der Waals surface area contributed by atoms with Crippen molar-refractivity contribution in [3.8, 4) is 11.5 Å². The molecule has 4 rings (SSSR count). The van der Waals surface area contributed by atoms with Crippen LogP contribution in [0.1, 0.15) is 41.9 Å². The third kappa shape index (κ3) is 7.10. The number of unbranched alkanes of at least 4 members (excludes halogenated alkanes) is 2. The van der Waals surface area contributed by atoms with Gasteiger partial charge in [-0.25, -0.2) is 4.98 Å². The van der Waals surface area contributed by atoms with Crippen LogP contribution >= 0.6 is 15.9 Å². The summed E-state index contributed by atoms with van der Waals surface area (Å²) in [5, 5.41) is 3.01. The van der Waals surface area contributed by atoms with Crippen molar-refractivity contribution in [1.29, 1.82) is 0 Å². The van der Waals surface area contributed by atoms with Crippen molar-refractivity contribution in [2.45, 2.75) is 38.6 Å². The molecule has 0 aliphatic carbocycles. The molecule has 4 aromatic rings. The lowest BCUT2D eigenvalue weighted by Gasteiger charge is -2.11. The standard InChI is InChI=1S/C29H32BrN3O3/c1-35-24-14-16-25(17-15-24)36-20-8-19-33-27-12-5-4-11-26(27)32-28(33)13-3-2-6-18-31-29(34)22-9-7-10-23(30)21-22/h4-5,7,9-12,14-17,21H,2-3,6,8,13,18-20H2,1H3,(H,31,34). The lowest BCUT2D eigenvalue weighted by atomic mass is 10.1. The summed E-state index contributed by atoms with van der Waals surface area (Å²) in [4.78, 5) is 17.2. The Labute approximate surface area is 220 Å². The Morgan fingerprint density at radius 2 is 1.75 bits per heavy atom. The molecule has 0 bridgehead atoms. The average molecular weight is 550 g/mol. The number of fused-ring (bicyclic) bond motifs is 1. The molecule has 0 saturated heterocycles. The first-order valence-electron chi connectivity index (χ1n) is 12.4. The van der Waals surface area contributed by atoms with Crippen LogP contribution in [-0.4, -0.2) is 35.7 Å². The number of para-hydroxylation sites is 2. The molecule has 0 atom stereocenters. The number of ether oxygens (including phenoxy) is 2. The third-order valence-electron chi connectivity index (χ3n) is 6.04. The molecule has 7 heteroatoms. The summed E-state index contributed by atoms with van der Waals surface area (Å²) < 4.78 is 14.3. The second kappa shape index (κ2) is 13.1. The zero-order valence-electron chi connectivity index (χ0n) is 20.6. The Balaban J connectivity index is 1.24. The number of aryl methyl sites for hydroxylation is 2. The van der Waals surface area contributed by atoms with Crippen molar-refractivity contribution in [2.24, 2.45) is 0 Å². The van der Waals surface area contributed by atoms with Gasteiger partial charge >= 0.3 is 0 Å². The van der Waals surface area contributed by atoms with Gasteiger partial charge in [0, 0.05) is 29.5 Å². The highest BCUT2D eigenvalue weighted by Gasteiger charge is 2.10. The number of carbonyl (C=O) groups is 1. The fourth-order valence-corrected chi connectivity index (χ4v) is 4.57. The fourth-order valence-electron chi connectivity index (χ4n) is 4.17. The van der Waals surface area contributed by atoms with E-state index in [0.29, 0.717) is 18.7 Å². The van der Waals surface area contributed by atoms with Gasteiger partial charge in [0.25, 0.3) is 5.91 Å². The number of amides is 1. The monoisotopic (exact) mass is 549 g/mol. The Morgan fingerprint density at radius 1 is 0.944 bits per heavy atom. The maximum absolute atomic E-state index is 12.3. The highest BCUT2D eigenvalue weighted by atomic mass is 79.9. The zero-order valence-corrected chi connectivity index (χ0v) is 22.2. The minimum absolute atomic E-state index is 0.0325. The van der Waals surface area contributed by atoms with Crippen molar-refractivity contribution in [2.75, 3.05) is 20.3 Å². The van der Waals surface area contributed by atoms with E-state index in [2.05, 4.69) is 44.0 Å². The molecule has 1 heterocycles. The summed E-state index contributed by atoms with van der Waals surface area (Å²) in [6.45, 7) is 2.16. The van der Waals surface area contributed by atoms with Crippen molar-refractivity contribution < 1.29 is 14.3 Å². The van der Waals surface area contributed by atoms with E-state index in [0.717, 1.165) is 66.0 Å². The molecule has 36 heavy (non-hydrogen) atoms. The molecule has 1 amide bonds. The predicted octanol–water partition coefficient (Wildman–Crippen LogP) is 6.42. The number of aromatic nitrogens is 2. The average Bonchev–Trinajstić information content (AvgIpc) is 3.26. The van der Waals surface area contributed by atoms with E-state index in [1.54, 1.807) is 7.11 Å². The molecular formula is C29H32BrN3O3. The van der Waals surface area contributed by atoms with E-state index < -0.39 is 0 Å². The lowest BCUT2D eigenvalue weighted by molar-refractivity contribution is 0.0953. The highest BCUT2D eigenvalue weighted by molar-refractivity contribution is 9.10. The number of benzene rings is 3. The van der Waals surface area contributed by atoms with Crippen molar-refractivity contribution in [3.05, 3.63) is 88.7 Å². The van der Waals surface area contributed by atoms with Crippen LogP contribution in [0.5, 0.6) is 11.5 Å². The van der Waals surface area contributed by atoms with Gasteiger partial charge < -0.3 is 19.4 Å². The molecule has 1 aromatic heterocycles. The first kappa shape index (κ1) is 25.8. The molecule has 0 spiro atoms. The van der Waals surface area contributed by atoms with Crippen LogP contribution in [0.4, 0.5) is 0 Å². The van der Waals surface area contributed by atoms with Crippen molar-refractivity contribution in [1.82, 2.24) is 14.9 Å². The number of nitrogens with zero attached hydrogens (tertiary/aromatic N) is 2. The van der Waals surface area contributed by atoms with E-state index in [1.165, 1.54) is 5.52 Å². The molecule has 3 aromatic carbocycles. The molecule has 1 N–H and O–H groups in total. The van der Waals surface area contributed by atoms with Crippen LogP contribution in [0.2, 0.25) is 0 Å². The largest absolute Gasteiger partial charge is 0.497 e. The Hall–Kier alpha value is -3.32. The van der Waals surface area contributed by atoms with Crippen LogP contribution in [0.3, 0.4) is 0 Å². The number of carbonyl (C=O) groups excluding carboxylic acids is 1. The number of imidazole rings is 1. The molecule has 0 saturated carbocycles. The summed E-state index contributed by atoms with van der Waals surface area (Å²) in [7, 11) is 1.66. The van der Waals surface area contributed by atoms with E-state index in [4.69, 9.17) is 14.5 Å². The van der Waals surface area contributed by atoms with Gasteiger partial charge in [-0.2, -0.15) is 0 Å². The smallest absolute Gasteiger partial charge is 0.251 e. The van der Waals surface area contributed by atoms with Crippen LogP contribution in [0.25, 0.3) is 11.0 Å². The van der Waals surface area contributed by atoms with Crippen LogP contribution in [0.15, 0.2) is 77.3 Å². The summed E-state index contributed by atoms with van der Waals surface area (Å²) >= 11 is 3.41. The number of rotatable bonds is 13.